The minimum absolute atomic E-state index is 0.0356. The minimum atomic E-state index is -0.916. The van der Waals surface area contributed by atoms with E-state index in [2.05, 4.69) is 40.3 Å². The van der Waals surface area contributed by atoms with Crippen LogP contribution in [0.25, 0.3) is 10.9 Å². The lowest BCUT2D eigenvalue weighted by atomic mass is 9.92. The predicted molar refractivity (Wildman–Crippen MR) is 187 cm³/mol. The van der Waals surface area contributed by atoms with Gasteiger partial charge in [0, 0.05) is 56.3 Å². The molecule has 4 amide bonds. The lowest BCUT2D eigenvalue weighted by Crippen LogP contribution is -2.51. The number of carbonyl (C=O) groups excluding carboxylic acids is 3. The Kier molecular flexibility index (Phi) is 10.8. The van der Waals surface area contributed by atoms with Gasteiger partial charge in [-0.15, -0.1) is 0 Å². The Morgan fingerprint density at radius 1 is 1.00 bits per heavy atom. The van der Waals surface area contributed by atoms with Crippen molar-refractivity contribution in [3.05, 3.63) is 59.3 Å². The lowest BCUT2D eigenvalue weighted by Gasteiger charge is -2.38. The number of fused-ring (bicyclic) bond motifs is 2. The van der Waals surface area contributed by atoms with Crippen LogP contribution in [0.15, 0.2) is 42.6 Å². The van der Waals surface area contributed by atoms with Crippen LogP contribution >= 0.6 is 0 Å². The number of hydrogen-bond donors (Lipinski definition) is 2. The van der Waals surface area contributed by atoms with Gasteiger partial charge >= 0.3 is 12.1 Å². The Morgan fingerprint density at radius 2 is 1.73 bits per heavy atom. The molecule has 0 radical (unpaired) electrons. The summed E-state index contributed by atoms with van der Waals surface area (Å²) in [5.41, 5.74) is 4.95. The number of anilines is 1. The topological polar surface area (TPSA) is 114 Å². The van der Waals surface area contributed by atoms with E-state index >= 15 is 0 Å². The smallest absolute Gasteiger partial charge is 0.410 e. The zero-order valence-electron chi connectivity index (χ0n) is 28.7. The molecule has 48 heavy (non-hydrogen) atoms. The highest BCUT2D eigenvalue weighted by molar-refractivity contribution is 5.91. The van der Waals surface area contributed by atoms with Crippen molar-refractivity contribution >= 4 is 34.6 Å². The first kappa shape index (κ1) is 33.8. The summed E-state index contributed by atoms with van der Waals surface area (Å²) < 4.78 is 6.11. The molecular weight excluding hydrogens is 606 g/mol. The van der Waals surface area contributed by atoms with E-state index in [0.29, 0.717) is 57.9 Å². The third-order valence-corrected chi connectivity index (χ3v) is 10.7. The molecule has 3 aliphatic heterocycles. The predicted octanol–water partition coefficient (Wildman–Crippen LogP) is 5.44. The van der Waals surface area contributed by atoms with Gasteiger partial charge < -0.3 is 29.7 Å². The number of nitrogens with one attached hydrogen (secondary N) is 2. The Labute approximate surface area is 283 Å². The summed E-state index contributed by atoms with van der Waals surface area (Å²) in [6, 6.07) is 11.9. The molecule has 11 nitrogen and oxygen atoms in total. The molecule has 11 heteroatoms. The van der Waals surface area contributed by atoms with Crippen molar-refractivity contribution in [1.82, 2.24) is 29.8 Å². The van der Waals surface area contributed by atoms with Crippen LogP contribution in [0.4, 0.5) is 15.3 Å². The number of amides is 4. The van der Waals surface area contributed by atoms with Crippen LogP contribution in [-0.4, -0.2) is 112 Å². The summed E-state index contributed by atoms with van der Waals surface area (Å²) in [6.07, 6.45) is 5.91. The molecule has 1 atom stereocenters. The summed E-state index contributed by atoms with van der Waals surface area (Å²) >= 11 is 0. The summed E-state index contributed by atoms with van der Waals surface area (Å²) in [6.45, 7) is 12.6. The zero-order valence-corrected chi connectivity index (χ0v) is 28.7. The number of hydrogen-bond acceptors (Lipinski definition) is 6. The summed E-state index contributed by atoms with van der Waals surface area (Å²) in [5, 5.41) is 11.2. The number of H-pyrrole nitrogens is 1. The Hall–Kier alpha value is -4.12. The van der Waals surface area contributed by atoms with Crippen LogP contribution in [0.1, 0.15) is 62.6 Å². The molecule has 0 unspecified atom stereocenters. The molecule has 4 heterocycles. The molecule has 3 aliphatic rings. The molecule has 6 rings (SSSR count). The maximum atomic E-state index is 14.1. The first-order valence-electron chi connectivity index (χ1n) is 17.9. The highest BCUT2D eigenvalue weighted by atomic mass is 16.6. The van der Waals surface area contributed by atoms with Gasteiger partial charge in [-0.2, -0.15) is 5.10 Å². The van der Waals surface area contributed by atoms with E-state index in [9.17, 15) is 14.4 Å². The largest absolute Gasteiger partial charge is 0.436 e. The number of ether oxygens (including phenoxy) is 1. The second kappa shape index (κ2) is 15.4. The Morgan fingerprint density at radius 3 is 2.48 bits per heavy atom. The van der Waals surface area contributed by atoms with Crippen molar-refractivity contribution in [3.8, 4) is 0 Å². The van der Waals surface area contributed by atoms with E-state index in [1.165, 1.54) is 0 Å². The highest BCUT2D eigenvalue weighted by Crippen LogP contribution is 2.27. The standard InChI is InChI=1S/C37H51N7O4/c1-4-41(5-2)16-10-27-11-17-42(18-12-27)35(45)33(24-28-22-26(3)34-30(23-28)25-38-40-34)48-37(47)43-19-14-31(15-20-43)44-21-13-29-8-6-7-9-32(29)39-36(44)46/h6-9,22-23,25,27,31,33H,4-5,10-21,24H2,1-3H3,(H,38,40)(H,39,46)/t33-/m1/s1. The molecule has 3 aromatic rings. The van der Waals surface area contributed by atoms with Gasteiger partial charge in [-0.25, -0.2) is 9.59 Å². The second-order valence-electron chi connectivity index (χ2n) is 13.7. The third-order valence-electron chi connectivity index (χ3n) is 10.7. The van der Waals surface area contributed by atoms with Crippen molar-refractivity contribution in [1.29, 1.82) is 0 Å². The summed E-state index contributed by atoms with van der Waals surface area (Å²) in [5.74, 6) is 0.481. The maximum Gasteiger partial charge on any atom is 0.410 e. The SMILES string of the molecule is CCN(CC)CCC1CCN(C(=O)[C@@H](Cc2cc(C)c3[nH]ncc3c2)OC(=O)N2CCC(N3CCc4ccccc4NC3=O)CC2)CC1. The van der Waals surface area contributed by atoms with Gasteiger partial charge in [-0.3, -0.25) is 9.89 Å². The van der Waals surface area contributed by atoms with E-state index in [1.807, 2.05) is 47.1 Å². The fourth-order valence-corrected chi connectivity index (χ4v) is 7.67. The van der Waals surface area contributed by atoms with Gasteiger partial charge in [-0.1, -0.05) is 38.1 Å². The lowest BCUT2D eigenvalue weighted by molar-refractivity contribution is -0.142. The number of para-hydroxylation sites is 1. The van der Waals surface area contributed by atoms with Crippen molar-refractivity contribution in [2.75, 3.05) is 57.7 Å². The Bertz CT molecular complexity index is 1570. The number of benzene rings is 2. The number of nitrogens with zero attached hydrogens (tertiary/aromatic N) is 5. The van der Waals surface area contributed by atoms with Gasteiger partial charge in [0.25, 0.3) is 5.91 Å². The number of urea groups is 1. The fraction of sp³-hybridized carbons (Fsp3) is 0.568. The van der Waals surface area contributed by atoms with E-state index < -0.39 is 12.2 Å². The van der Waals surface area contributed by atoms with Gasteiger partial charge in [0.05, 0.1) is 11.7 Å². The highest BCUT2D eigenvalue weighted by Gasteiger charge is 2.35. The van der Waals surface area contributed by atoms with Gasteiger partial charge in [-0.05, 0) is 99.8 Å². The summed E-state index contributed by atoms with van der Waals surface area (Å²) in [7, 11) is 0. The molecule has 2 N–H and O–H groups in total. The first-order chi connectivity index (χ1) is 23.3. The molecule has 258 valence electrons. The van der Waals surface area contributed by atoms with Gasteiger partial charge in [0.1, 0.15) is 0 Å². The molecule has 0 bridgehead atoms. The van der Waals surface area contributed by atoms with Crippen LogP contribution < -0.4 is 5.32 Å². The molecule has 2 aromatic carbocycles. The van der Waals surface area contributed by atoms with Gasteiger partial charge in [0.15, 0.2) is 6.10 Å². The fourth-order valence-electron chi connectivity index (χ4n) is 7.67. The Balaban J connectivity index is 1.09. The van der Waals surface area contributed by atoms with E-state index in [0.717, 1.165) is 78.6 Å². The normalized spacial score (nSPS) is 18.5. The molecule has 2 fully saturated rings. The summed E-state index contributed by atoms with van der Waals surface area (Å²) in [4.78, 5) is 48.8. The number of piperidine rings is 2. The van der Waals surface area contributed by atoms with Gasteiger partial charge in [0.2, 0.25) is 0 Å². The van der Waals surface area contributed by atoms with E-state index in [1.54, 1.807) is 11.1 Å². The average Bonchev–Trinajstić information content (AvgIpc) is 3.52. The quantitative estimate of drug-likeness (QED) is 0.300. The molecule has 0 aliphatic carbocycles. The first-order valence-corrected chi connectivity index (χ1v) is 17.9. The van der Waals surface area contributed by atoms with E-state index in [4.69, 9.17) is 4.74 Å². The van der Waals surface area contributed by atoms with E-state index in [-0.39, 0.29) is 18.0 Å². The van der Waals surface area contributed by atoms with Crippen LogP contribution in [0.5, 0.6) is 0 Å². The number of rotatable bonds is 10. The third kappa shape index (κ3) is 7.77. The van der Waals surface area contributed by atoms with Crippen LogP contribution in [0.2, 0.25) is 0 Å². The molecular formula is C37H51N7O4. The monoisotopic (exact) mass is 657 g/mol. The van der Waals surface area contributed by atoms with Crippen molar-refractivity contribution in [3.63, 3.8) is 0 Å². The van der Waals surface area contributed by atoms with Crippen molar-refractivity contribution in [2.45, 2.75) is 77.9 Å². The average molecular weight is 658 g/mol. The van der Waals surface area contributed by atoms with Crippen molar-refractivity contribution < 1.29 is 19.1 Å². The number of aryl methyl sites for hydroxylation is 1. The van der Waals surface area contributed by atoms with Crippen molar-refractivity contribution in [2.24, 2.45) is 5.92 Å². The number of aromatic nitrogens is 2. The molecule has 0 saturated carbocycles. The van der Waals surface area contributed by atoms with Crippen LogP contribution in [0.3, 0.4) is 0 Å². The molecule has 1 aromatic heterocycles. The number of aromatic amines is 1. The molecule has 2 saturated heterocycles. The number of carbonyl (C=O) groups is 3. The minimum Gasteiger partial charge on any atom is -0.436 e. The number of likely N-dealkylation sites (tertiary alicyclic amines) is 2. The maximum absolute atomic E-state index is 14.1. The van der Waals surface area contributed by atoms with Crippen LogP contribution in [0, 0.1) is 12.8 Å². The van der Waals surface area contributed by atoms with Crippen LogP contribution in [-0.2, 0) is 22.4 Å². The molecule has 0 spiro atoms. The zero-order chi connectivity index (χ0) is 33.6. The second-order valence-corrected chi connectivity index (χ2v) is 13.7.